The minimum atomic E-state index is -1.28. The van der Waals surface area contributed by atoms with E-state index in [2.05, 4.69) is 20.7 Å². The van der Waals surface area contributed by atoms with Crippen molar-refractivity contribution in [1.29, 1.82) is 0 Å². The second-order valence-corrected chi connectivity index (χ2v) is 6.68. The number of methoxy groups -OCH3 is 1. The highest BCUT2D eigenvalue weighted by Crippen LogP contribution is 2.27. The summed E-state index contributed by atoms with van der Waals surface area (Å²) in [5.41, 5.74) is 2.63. The fourth-order valence-electron chi connectivity index (χ4n) is 2.83. The number of benzene rings is 2. The van der Waals surface area contributed by atoms with Crippen molar-refractivity contribution in [3.8, 4) is 22.9 Å². The van der Waals surface area contributed by atoms with Gasteiger partial charge in [-0.15, -0.1) is 10.2 Å². The predicted molar refractivity (Wildman–Crippen MR) is 109 cm³/mol. The van der Waals surface area contributed by atoms with Gasteiger partial charge in [0.2, 0.25) is 6.04 Å². The maximum absolute atomic E-state index is 12.5. The third-order valence-electron chi connectivity index (χ3n) is 4.50. The van der Waals surface area contributed by atoms with Crippen LogP contribution in [0.4, 0.5) is 0 Å². The van der Waals surface area contributed by atoms with E-state index in [4.69, 9.17) is 13.7 Å². The van der Waals surface area contributed by atoms with Crippen molar-refractivity contribution >= 4 is 11.9 Å². The SMILES string of the molecule is COC(=O)C(NC(=O)c1ccccc1)c1nnc(-c2cc(-c3ccc(C)cc3)on2)o1. The molecule has 31 heavy (non-hydrogen) atoms. The maximum Gasteiger partial charge on any atom is 0.338 e. The molecule has 0 aliphatic carbocycles. The van der Waals surface area contributed by atoms with E-state index in [0.29, 0.717) is 17.0 Å². The van der Waals surface area contributed by atoms with Crippen LogP contribution in [0.2, 0.25) is 0 Å². The molecule has 0 aliphatic rings. The first kappa shape index (κ1) is 20.0. The molecule has 4 aromatic rings. The molecule has 2 aromatic heterocycles. The normalized spacial score (nSPS) is 11.7. The van der Waals surface area contributed by atoms with E-state index in [1.807, 2.05) is 31.2 Å². The van der Waals surface area contributed by atoms with Gasteiger partial charge in [-0.1, -0.05) is 53.2 Å². The van der Waals surface area contributed by atoms with Crippen molar-refractivity contribution < 1.29 is 23.3 Å². The fourth-order valence-corrected chi connectivity index (χ4v) is 2.83. The summed E-state index contributed by atoms with van der Waals surface area (Å²) in [5, 5.41) is 14.3. The first-order valence-corrected chi connectivity index (χ1v) is 9.36. The van der Waals surface area contributed by atoms with Crippen molar-refractivity contribution in [2.24, 2.45) is 0 Å². The fraction of sp³-hybridized carbons (Fsp3) is 0.136. The van der Waals surface area contributed by atoms with Crippen LogP contribution in [0.15, 0.2) is 69.6 Å². The van der Waals surface area contributed by atoms with Gasteiger partial charge in [0, 0.05) is 17.2 Å². The number of hydrogen-bond acceptors (Lipinski definition) is 8. The van der Waals surface area contributed by atoms with Crippen LogP contribution in [0, 0.1) is 6.92 Å². The number of nitrogens with zero attached hydrogens (tertiary/aromatic N) is 3. The van der Waals surface area contributed by atoms with E-state index in [9.17, 15) is 9.59 Å². The summed E-state index contributed by atoms with van der Waals surface area (Å²) in [6.45, 7) is 1.99. The molecule has 1 unspecified atom stereocenters. The number of amides is 1. The topological polar surface area (TPSA) is 120 Å². The highest BCUT2D eigenvalue weighted by atomic mass is 16.5. The van der Waals surface area contributed by atoms with Crippen LogP contribution < -0.4 is 5.32 Å². The lowest BCUT2D eigenvalue weighted by Crippen LogP contribution is -2.34. The van der Waals surface area contributed by atoms with E-state index in [0.717, 1.165) is 11.1 Å². The van der Waals surface area contributed by atoms with Gasteiger partial charge in [0.1, 0.15) is 0 Å². The van der Waals surface area contributed by atoms with Crippen molar-refractivity contribution in [3.05, 3.63) is 77.7 Å². The molecule has 0 spiro atoms. The number of aryl methyl sites for hydroxylation is 1. The Morgan fingerprint density at radius 1 is 1.03 bits per heavy atom. The van der Waals surface area contributed by atoms with Gasteiger partial charge in [0.05, 0.1) is 7.11 Å². The monoisotopic (exact) mass is 418 g/mol. The van der Waals surface area contributed by atoms with E-state index in [-0.39, 0.29) is 11.8 Å². The third kappa shape index (κ3) is 4.35. The zero-order valence-electron chi connectivity index (χ0n) is 16.7. The zero-order valence-corrected chi connectivity index (χ0v) is 16.7. The molecule has 2 heterocycles. The van der Waals surface area contributed by atoms with Gasteiger partial charge in [-0.25, -0.2) is 4.79 Å². The molecule has 0 fully saturated rings. The lowest BCUT2D eigenvalue weighted by Gasteiger charge is -2.12. The number of nitrogens with one attached hydrogen (secondary N) is 1. The van der Waals surface area contributed by atoms with Gasteiger partial charge < -0.3 is 19.0 Å². The molecule has 1 amide bonds. The lowest BCUT2D eigenvalue weighted by atomic mass is 10.1. The Labute approximate surface area is 177 Å². The van der Waals surface area contributed by atoms with Crippen LogP contribution in [0.1, 0.15) is 27.9 Å². The summed E-state index contributed by atoms with van der Waals surface area (Å²) in [6, 6.07) is 16.5. The quantitative estimate of drug-likeness (QED) is 0.473. The number of carbonyl (C=O) groups is 2. The van der Waals surface area contributed by atoms with Crippen molar-refractivity contribution in [2.45, 2.75) is 13.0 Å². The first-order valence-electron chi connectivity index (χ1n) is 9.36. The zero-order chi connectivity index (χ0) is 21.8. The molecule has 0 radical (unpaired) electrons. The molecule has 0 bridgehead atoms. The van der Waals surface area contributed by atoms with Crippen LogP contribution in [-0.4, -0.2) is 34.3 Å². The van der Waals surface area contributed by atoms with Gasteiger partial charge in [-0.05, 0) is 19.1 Å². The molecule has 0 saturated carbocycles. The number of esters is 1. The molecule has 2 aromatic carbocycles. The molecule has 0 saturated heterocycles. The predicted octanol–water partition coefficient (Wildman–Crippen LogP) is 3.34. The summed E-state index contributed by atoms with van der Waals surface area (Å²) in [4.78, 5) is 24.7. The molecule has 9 heteroatoms. The number of aromatic nitrogens is 3. The number of hydrogen-bond donors (Lipinski definition) is 1. The van der Waals surface area contributed by atoms with E-state index in [1.165, 1.54) is 7.11 Å². The van der Waals surface area contributed by atoms with Gasteiger partial charge >= 0.3 is 5.97 Å². The minimum absolute atomic E-state index is 0.0416. The molecule has 1 atom stereocenters. The highest BCUT2D eigenvalue weighted by Gasteiger charge is 2.30. The Morgan fingerprint density at radius 2 is 1.77 bits per heavy atom. The van der Waals surface area contributed by atoms with Crippen LogP contribution >= 0.6 is 0 Å². The highest BCUT2D eigenvalue weighted by molar-refractivity contribution is 5.96. The van der Waals surface area contributed by atoms with Crippen molar-refractivity contribution in [1.82, 2.24) is 20.7 Å². The standard InChI is InChI=1S/C22H18N4O5/c1-13-8-10-14(11-9-13)17-12-16(26-31-17)20-24-25-21(30-20)18(22(28)29-2)23-19(27)15-6-4-3-5-7-15/h3-12,18H,1-2H3,(H,23,27). The molecule has 1 N–H and O–H groups in total. The maximum atomic E-state index is 12.5. The van der Waals surface area contributed by atoms with E-state index >= 15 is 0 Å². The van der Waals surface area contributed by atoms with Crippen LogP contribution in [-0.2, 0) is 9.53 Å². The third-order valence-corrected chi connectivity index (χ3v) is 4.50. The second kappa shape index (κ2) is 8.62. The molecule has 0 aliphatic heterocycles. The summed E-state index contributed by atoms with van der Waals surface area (Å²) >= 11 is 0. The van der Waals surface area contributed by atoms with Crippen LogP contribution in [0.25, 0.3) is 22.9 Å². The first-order chi connectivity index (χ1) is 15.0. The number of ether oxygens (including phenoxy) is 1. The van der Waals surface area contributed by atoms with E-state index in [1.54, 1.807) is 36.4 Å². The lowest BCUT2D eigenvalue weighted by molar-refractivity contribution is -0.143. The second-order valence-electron chi connectivity index (χ2n) is 6.68. The Balaban J connectivity index is 1.57. The summed E-state index contributed by atoms with van der Waals surface area (Å²) in [5.74, 6) is -0.804. The summed E-state index contributed by atoms with van der Waals surface area (Å²) < 4.78 is 15.7. The Bertz CT molecular complexity index is 1200. The van der Waals surface area contributed by atoms with E-state index < -0.39 is 17.9 Å². The number of rotatable bonds is 6. The summed E-state index contributed by atoms with van der Waals surface area (Å²) in [6.07, 6.45) is 0. The van der Waals surface area contributed by atoms with Gasteiger partial charge in [0.25, 0.3) is 17.7 Å². The molecule has 4 rings (SSSR count). The Morgan fingerprint density at radius 3 is 2.48 bits per heavy atom. The minimum Gasteiger partial charge on any atom is -0.467 e. The summed E-state index contributed by atoms with van der Waals surface area (Å²) in [7, 11) is 1.20. The average Bonchev–Trinajstić information content (AvgIpc) is 3.48. The van der Waals surface area contributed by atoms with Gasteiger partial charge in [-0.3, -0.25) is 4.79 Å². The molecular formula is C22H18N4O5. The average molecular weight is 418 g/mol. The number of carbonyl (C=O) groups excluding carboxylic acids is 2. The Kier molecular flexibility index (Phi) is 5.57. The molecule has 9 nitrogen and oxygen atoms in total. The largest absolute Gasteiger partial charge is 0.467 e. The molecule has 156 valence electrons. The van der Waals surface area contributed by atoms with Crippen LogP contribution in [0.3, 0.4) is 0 Å². The van der Waals surface area contributed by atoms with Crippen molar-refractivity contribution in [2.75, 3.05) is 7.11 Å². The van der Waals surface area contributed by atoms with Gasteiger partial charge in [0.15, 0.2) is 11.5 Å². The van der Waals surface area contributed by atoms with Gasteiger partial charge in [-0.2, -0.15) is 0 Å². The van der Waals surface area contributed by atoms with Crippen molar-refractivity contribution in [3.63, 3.8) is 0 Å². The molecular weight excluding hydrogens is 400 g/mol. The Hall–Kier alpha value is -4.27. The smallest absolute Gasteiger partial charge is 0.338 e. The van der Waals surface area contributed by atoms with Crippen LogP contribution in [0.5, 0.6) is 0 Å².